The number of amides is 4. The first kappa shape index (κ1) is 19.2. The molecular formula is C20H21N5O4. The lowest BCUT2D eigenvalue weighted by Gasteiger charge is -2.34. The van der Waals surface area contributed by atoms with Crippen molar-refractivity contribution >= 4 is 23.6 Å². The molecular weight excluding hydrogens is 374 g/mol. The van der Waals surface area contributed by atoms with E-state index >= 15 is 0 Å². The zero-order valence-corrected chi connectivity index (χ0v) is 15.8. The van der Waals surface area contributed by atoms with E-state index < -0.39 is 35.2 Å². The minimum atomic E-state index is -0.964. The average molecular weight is 395 g/mol. The van der Waals surface area contributed by atoms with Gasteiger partial charge in [-0.1, -0.05) is 6.07 Å². The number of nitrogens with zero attached hydrogens (tertiary/aromatic N) is 3. The van der Waals surface area contributed by atoms with Gasteiger partial charge in [-0.3, -0.25) is 34.3 Å². The predicted molar refractivity (Wildman–Crippen MR) is 100 cm³/mol. The van der Waals surface area contributed by atoms with Crippen molar-refractivity contribution < 1.29 is 19.2 Å². The molecule has 1 aromatic rings. The summed E-state index contributed by atoms with van der Waals surface area (Å²) >= 11 is 0. The fourth-order valence-electron chi connectivity index (χ4n) is 4.10. The number of imide groups is 2. The molecule has 29 heavy (non-hydrogen) atoms. The molecule has 2 fully saturated rings. The number of benzene rings is 1. The summed E-state index contributed by atoms with van der Waals surface area (Å²) in [7, 11) is 0. The standard InChI is InChI=1S/C20H21N5O4/c21-11-20(22)5-7-24(8-6-20)10-12-1-2-13-14(9-12)19(29)25(18(13)28)15-3-4-16(26)23-17(15)27/h1-2,9,15H,3-8,10,22H2,(H,23,26,27). The van der Waals surface area contributed by atoms with Gasteiger partial charge in [-0.15, -0.1) is 0 Å². The van der Waals surface area contributed by atoms with Crippen molar-refractivity contribution in [3.8, 4) is 6.07 Å². The van der Waals surface area contributed by atoms with Crippen molar-refractivity contribution in [2.75, 3.05) is 13.1 Å². The fourth-order valence-corrected chi connectivity index (χ4v) is 4.10. The van der Waals surface area contributed by atoms with E-state index in [9.17, 15) is 19.2 Å². The first-order valence-electron chi connectivity index (χ1n) is 9.58. The minimum absolute atomic E-state index is 0.0926. The molecule has 9 nitrogen and oxygen atoms in total. The molecule has 0 bridgehead atoms. The summed E-state index contributed by atoms with van der Waals surface area (Å²) in [6.07, 6.45) is 1.39. The Hall–Kier alpha value is -3.09. The smallest absolute Gasteiger partial charge is 0.262 e. The van der Waals surface area contributed by atoms with Crippen molar-refractivity contribution in [2.24, 2.45) is 5.73 Å². The molecule has 3 aliphatic rings. The molecule has 0 saturated carbocycles. The van der Waals surface area contributed by atoms with Crippen LogP contribution in [0.4, 0.5) is 0 Å². The van der Waals surface area contributed by atoms with Gasteiger partial charge in [0.05, 0.1) is 17.2 Å². The third kappa shape index (κ3) is 3.41. The molecule has 9 heteroatoms. The Morgan fingerprint density at radius 2 is 1.83 bits per heavy atom. The molecule has 0 radical (unpaired) electrons. The first-order chi connectivity index (χ1) is 13.8. The van der Waals surface area contributed by atoms with Gasteiger partial charge >= 0.3 is 0 Å². The molecule has 3 aliphatic heterocycles. The molecule has 150 valence electrons. The summed E-state index contributed by atoms with van der Waals surface area (Å²) in [6, 6.07) is 6.30. The lowest BCUT2D eigenvalue weighted by molar-refractivity contribution is -0.136. The molecule has 0 aliphatic carbocycles. The highest BCUT2D eigenvalue weighted by atomic mass is 16.2. The topological polar surface area (TPSA) is 137 Å². The van der Waals surface area contributed by atoms with Crippen LogP contribution in [0.3, 0.4) is 0 Å². The van der Waals surface area contributed by atoms with E-state index in [1.54, 1.807) is 18.2 Å². The van der Waals surface area contributed by atoms with Gasteiger partial charge in [-0.2, -0.15) is 5.26 Å². The number of rotatable bonds is 3. The summed E-state index contributed by atoms with van der Waals surface area (Å²) in [5.74, 6) is -2.03. The maximum absolute atomic E-state index is 12.9. The number of carbonyl (C=O) groups is 4. The van der Waals surface area contributed by atoms with Gasteiger partial charge in [0.15, 0.2) is 0 Å². The summed E-state index contributed by atoms with van der Waals surface area (Å²) < 4.78 is 0. The maximum Gasteiger partial charge on any atom is 0.262 e. The molecule has 3 N–H and O–H groups in total. The van der Waals surface area contributed by atoms with Gasteiger partial charge in [0.1, 0.15) is 11.6 Å². The Balaban J connectivity index is 1.50. The van der Waals surface area contributed by atoms with E-state index in [1.807, 2.05) is 0 Å². The summed E-state index contributed by atoms with van der Waals surface area (Å²) in [4.78, 5) is 52.2. The van der Waals surface area contributed by atoms with Crippen molar-refractivity contribution in [3.05, 3.63) is 34.9 Å². The number of hydrogen-bond donors (Lipinski definition) is 2. The quantitative estimate of drug-likeness (QED) is 0.682. The van der Waals surface area contributed by atoms with E-state index in [0.29, 0.717) is 32.5 Å². The van der Waals surface area contributed by atoms with Crippen LogP contribution < -0.4 is 11.1 Å². The van der Waals surface area contributed by atoms with E-state index in [2.05, 4.69) is 16.3 Å². The monoisotopic (exact) mass is 395 g/mol. The molecule has 0 aromatic heterocycles. The zero-order chi connectivity index (χ0) is 20.8. The van der Waals surface area contributed by atoms with E-state index in [-0.39, 0.29) is 24.0 Å². The number of carbonyl (C=O) groups excluding carboxylic acids is 4. The Morgan fingerprint density at radius 1 is 1.14 bits per heavy atom. The van der Waals surface area contributed by atoms with Gasteiger partial charge in [-0.25, -0.2) is 0 Å². The lowest BCUT2D eigenvalue weighted by atomic mass is 9.90. The third-order valence-corrected chi connectivity index (χ3v) is 5.88. The highest BCUT2D eigenvalue weighted by Gasteiger charge is 2.44. The molecule has 2 saturated heterocycles. The molecule has 0 spiro atoms. The van der Waals surface area contributed by atoms with Crippen molar-refractivity contribution in [1.82, 2.24) is 15.1 Å². The fraction of sp³-hybridized carbons (Fsp3) is 0.450. The van der Waals surface area contributed by atoms with Gasteiger partial charge in [0.2, 0.25) is 11.8 Å². The molecule has 1 aromatic carbocycles. The number of likely N-dealkylation sites (tertiary alicyclic amines) is 1. The predicted octanol–water partition coefficient (Wildman–Crippen LogP) is -0.0953. The van der Waals surface area contributed by atoms with Crippen LogP contribution in [0.2, 0.25) is 0 Å². The molecule has 3 heterocycles. The Labute approximate surface area is 167 Å². The van der Waals surface area contributed by atoms with E-state index in [1.165, 1.54) is 0 Å². The Bertz CT molecular complexity index is 958. The summed E-state index contributed by atoms with van der Waals surface area (Å²) in [5, 5.41) is 11.3. The van der Waals surface area contributed by atoms with Crippen LogP contribution in [0.1, 0.15) is 52.0 Å². The largest absolute Gasteiger partial charge is 0.313 e. The van der Waals surface area contributed by atoms with Crippen LogP contribution in [0, 0.1) is 11.3 Å². The highest BCUT2D eigenvalue weighted by Crippen LogP contribution is 2.29. The average Bonchev–Trinajstić information content (AvgIpc) is 2.94. The van der Waals surface area contributed by atoms with Crippen molar-refractivity contribution in [1.29, 1.82) is 5.26 Å². The van der Waals surface area contributed by atoms with Crippen LogP contribution in [0.25, 0.3) is 0 Å². The van der Waals surface area contributed by atoms with Crippen LogP contribution in [-0.2, 0) is 16.1 Å². The molecule has 4 amide bonds. The summed E-state index contributed by atoms with van der Waals surface area (Å²) in [5.41, 5.74) is 6.64. The number of hydrogen-bond acceptors (Lipinski definition) is 7. The zero-order valence-electron chi connectivity index (χ0n) is 15.8. The Kier molecular flexibility index (Phi) is 4.68. The highest BCUT2D eigenvalue weighted by molar-refractivity contribution is 6.23. The van der Waals surface area contributed by atoms with Gasteiger partial charge in [0, 0.05) is 26.1 Å². The van der Waals surface area contributed by atoms with Gasteiger partial charge in [-0.05, 0) is 37.0 Å². The van der Waals surface area contributed by atoms with Crippen LogP contribution in [0.15, 0.2) is 18.2 Å². The van der Waals surface area contributed by atoms with Crippen molar-refractivity contribution in [2.45, 2.75) is 43.8 Å². The SMILES string of the molecule is N#CC1(N)CCN(Cc2ccc3c(c2)C(=O)N(C2CCC(=O)NC2=O)C3=O)CC1. The van der Waals surface area contributed by atoms with Gasteiger partial charge in [0.25, 0.3) is 11.8 Å². The molecule has 1 unspecified atom stereocenters. The van der Waals surface area contributed by atoms with Crippen LogP contribution >= 0.6 is 0 Å². The van der Waals surface area contributed by atoms with E-state index in [4.69, 9.17) is 11.0 Å². The number of piperidine rings is 2. The number of fused-ring (bicyclic) bond motifs is 1. The molecule has 4 rings (SSSR count). The second-order valence-corrected chi connectivity index (χ2v) is 7.87. The second kappa shape index (κ2) is 7.06. The number of nitriles is 1. The van der Waals surface area contributed by atoms with Crippen molar-refractivity contribution in [3.63, 3.8) is 0 Å². The summed E-state index contributed by atoms with van der Waals surface area (Å²) in [6.45, 7) is 1.93. The number of nitrogens with one attached hydrogen (secondary N) is 1. The Morgan fingerprint density at radius 3 is 2.48 bits per heavy atom. The van der Waals surface area contributed by atoms with Crippen LogP contribution in [0.5, 0.6) is 0 Å². The second-order valence-electron chi connectivity index (χ2n) is 7.87. The van der Waals surface area contributed by atoms with Crippen LogP contribution in [-0.4, -0.2) is 58.1 Å². The number of nitrogens with two attached hydrogens (primary N) is 1. The maximum atomic E-state index is 12.9. The van der Waals surface area contributed by atoms with E-state index in [0.717, 1.165) is 10.5 Å². The minimum Gasteiger partial charge on any atom is -0.313 e. The molecule has 1 atom stereocenters. The third-order valence-electron chi connectivity index (χ3n) is 5.88. The first-order valence-corrected chi connectivity index (χ1v) is 9.58. The lowest BCUT2D eigenvalue weighted by Crippen LogP contribution is -2.54. The van der Waals surface area contributed by atoms with Gasteiger partial charge < -0.3 is 5.73 Å². The normalized spacial score (nSPS) is 24.3.